The predicted octanol–water partition coefficient (Wildman–Crippen LogP) is 5.19. The van der Waals surface area contributed by atoms with E-state index in [2.05, 4.69) is 36.0 Å². The Labute approximate surface area is 449 Å². The lowest BCUT2D eigenvalue weighted by Gasteiger charge is -2.35. The number of rotatable bonds is 17. The van der Waals surface area contributed by atoms with Crippen LogP contribution in [0.1, 0.15) is 92.6 Å². The van der Waals surface area contributed by atoms with Gasteiger partial charge in [-0.15, -0.1) is 11.3 Å². The Balaban J connectivity index is 0.771. The average molecular weight is 1080 g/mol. The molecule has 2 aromatic carbocycles. The molecule has 0 unspecified atom stereocenters. The number of aryl methyl sites for hydroxylation is 2. The first kappa shape index (κ1) is 55.0. The van der Waals surface area contributed by atoms with Gasteiger partial charge in [-0.2, -0.15) is 10.2 Å². The van der Waals surface area contributed by atoms with E-state index in [0.717, 1.165) is 57.8 Å². The summed E-state index contributed by atoms with van der Waals surface area (Å²) in [6, 6.07) is 9.06. The van der Waals surface area contributed by atoms with Crippen molar-refractivity contribution in [2.45, 2.75) is 117 Å². The molecule has 5 N–H and O–H groups in total. The lowest BCUT2D eigenvalue weighted by molar-refractivity contribution is -0.145. The maximum Gasteiger partial charge on any atom is 0.317 e. The van der Waals surface area contributed by atoms with E-state index in [0.29, 0.717) is 68.3 Å². The number of thiazole rings is 1. The molecule has 0 spiro atoms. The molecule has 0 aliphatic carbocycles. The van der Waals surface area contributed by atoms with Crippen LogP contribution >= 0.6 is 11.3 Å². The zero-order valence-electron chi connectivity index (χ0n) is 44.2. The summed E-state index contributed by atoms with van der Waals surface area (Å²) in [6.07, 6.45) is 3.19. The molecule has 4 aliphatic heterocycles. The molecule has 9 rings (SSSR count). The van der Waals surface area contributed by atoms with E-state index in [1.165, 1.54) is 11.1 Å². The van der Waals surface area contributed by atoms with Crippen LogP contribution in [0, 0.1) is 12.3 Å². The Bertz CT molecular complexity index is 2950. The lowest BCUT2D eigenvalue weighted by Crippen LogP contribution is -2.58. The van der Waals surface area contributed by atoms with Gasteiger partial charge in [-0.1, -0.05) is 45.0 Å². The van der Waals surface area contributed by atoms with Crippen molar-refractivity contribution >= 4 is 52.5 Å². The van der Waals surface area contributed by atoms with Crippen LogP contribution < -0.4 is 26.2 Å². The molecule has 23 heteroatoms. The van der Waals surface area contributed by atoms with Crippen LogP contribution in [0.15, 0.2) is 54.3 Å². The number of likely N-dealkylation sites (tertiary alicyclic amines) is 1. The van der Waals surface area contributed by atoms with Crippen LogP contribution in [0.3, 0.4) is 0 Å². The first-order chi connectivity index (χ1) is 37.0. The number of fused-ring (bicyclic) bond motifs is 2. The van der Waals surface area contributed by atoms with Gasteiger partial charge in [0.15, 0.2) is 5.82 Å². The fourth-order valence-corrected chi connectivity index (χ4v) is 11.5. The highest BCUT2D eigenvalue weighted by Crippen LogP contribution is 2.44. The zero-order valence-corrected chi connectivity index (χ0v) is 45.0. The van der Waals surface area contributed by atoms with E-state index in [4.69, 9.17) is 14.6 Å². The number of β-amino-alcohol motifs (C(OH)–C–C–N with tert-alkyl or cyclic N) is 1. The minimum Gasteiger partial charge on any atom is -0.391 e. The van der Waals surface area contributed by atoms with E-state index in [-0.39, 0.29) is 50.2 Å². The number of ether oxygens (including phenoxy) is 2. The van der Waals surface area contributed by atoms with Crippen LogP contribution in [0.5, 0.6) is 0 Å². The number of benzene rings is 2. The van der Waals surface area contributed by atoms with Gasteiger partial charge in [-0.25, -0.2) is 18.6 Å². The molecule has 7 heterocycles. The second kappa shape index (κ2) is 23.8. The van der Waals surface area contributed by atoms with Gasteiger partial charge in [0.1, 0.15) is 25.3 Å². The Morgan fingerprint density at radius 3 is 2.47 bits per heavy atom. The van der Waals surface area contributed by atoms with Crippen LogP contribution in [0.25, 0.3) is 21.6 Å². The first-order valence-electron chi connectivity index (χ1n) is 26.3. The molecule has 6 amide bonds. The number of carbonyl (C=O) groups is 5. The van der Waals surface area contributed by atoms with E-state index >= 15 is 8.78 Å². The summed E-state index contributed by atoms with van der Waals surface area (Å²) in [4.78, 5) is 76.9. The molecule has 3 atom stereocenters. The normalized spacial score (nSPS) is 18.2. The molecule has 2 fully saturated rings. The van der Waals surface area contributed by atoms with Gasteiger partial charge in [-0.3, -0.25) is 28.5 Å². The first-order valence-corrected chi connectivity index (χ1v) is 27.1. The molecule has 0 radical (unpaired) electrons. The van der Waals surface area contributed by atoms with Crippen LogP contribution in [0.2, 0.25) is 0 Å². The zero-order chi connectivity index (χ0) is 54.5. The van der Waals surface area contributed by atoms with Crippen molar-refractivity contribution in [1.29, 1.82) is 0 Å². The number of carbonyl (C=O) groups excluding carboxylic acids is 5. The van der Waals surface area contributed by atoms with Crippen LogP contribution in [-0.2, 0) is 61.1 Å². The fourth-order valence-electron chi connectivity index (χ4n) is 10.7. The van der Waals surface area contributed by atoms with Gasteiger partial charge in [-0.05, 0) is 72.4 Å². The Hall–Kier alpha value is -6.82. The van der Waals surface area contributed by atoms with Crippen molar-refractivity contribution in [2.75, 3.05) is 64.6 Å². The maximum absolute atomic E-state index is 15.1. The maximum atomic E-state index is 15.1. The summed E-state index contributed by atoms with van der Waals surface area (Å²) in [5.41, 5.74) is 8.08. The number of urea groups is 1. The molecule has 4 aliphatic rings. The molecule has 3 aromatic heterocycles. The number of amides is 6. The van der Waals surface area contributed by atoms with Gasteiger partial charge in [0, 0.05) is 100 Å². The van der Waals surface area contributed by atoms with Gasteiger partial charge in [0.2, 0.25) is 23.6 Å². The van der Waals surface area contributed by atoms with Crippen molar-refractivity contribution < 1.29 is 47.3 Å². The third kappa shape index (κ3) is 12.5. The summed E-state index contributed by atoms with van der Waals surface area (Å²) in [5, 5.41) is 31.3. The van der Waals surface area contributed by atoms with Gasteiger partial charge in [0.05, 0.1) is 47.5 Å². The number of hydrogen-bond acceptors (Lipinski definition) is 13. The van der Waals surface area contributed by atoms with E-state index in [1.54, 1.807) is 66.5 Å². The van der Waals surface area contributed by atoms with Gasteiger partial charge in [0.25, 0.3) is 6.43 Å². The summed E-state index contributed by atoms with van der Waals surface area (Å²) < 4.78 is 44.9. The molecular weight excluding hydrogens is 1010 g/mol. The Morgan fingerprint density at radius 1 is 0.987 bits per heavy atom. The van der Waals surface area contributed by atoms with E-state index < -0.39 is 66.9 Å². The minimum absolute atomic E-state index is 0.0383. The number of halogens is 2. The molecule has 5 aromatic rings. The van der Waals surface area contributed by atoms with Crippen molar-refractivity contribution in [1.82, 2.24) is 55.6 Å². The highest BCUT2D eigenvalue weighted by molar-refractivity contribution is 7.13. The largest absolute Gasteiger partial charge is 0.391 e. The standard InChI is InChI=1S/C54H68F2N12O8S/c1-32-47(77-31-60-32)34-10-8-33(9-11-34)24-59-51(72)44-22-38(69)27-67(44)52(73)48(54(2,3)4)62-46(71)30-76-29-45(70)58-15-18-65-26-36(25-61-65)39-21-35-7-6-16-66(43(35)23-40(39)49(55)56)50-41-28-64(53(74)57-5)17-12-42(41)68(63-50)37-13-19-75-20-14-37/h8-11,21,23,25-26,31,37-38,44,48-49,69H,6-7,12-20,22,24,27-30H2,1-5H3,(H,57,74)(H,58,70)(H,59,72)(H,62,71)/t38-,44+,48-/m1/s1. The number of aliphatic hydroxyl groups excluding tert-OH is 1. The van der Waals surface area contributed by atoms with E-state index in [9.17, 15) is 29.1 Å². The number of nitrogens with zero attached hydrogens (tertiary/aromatic N) is 8. The molecule has 412 valence electrons. The number of aliphatic hydroxyl groups is 1. The molecule has 20 nitrogen and oxygen atoms in total. The predicted molar refractivity (Wildman–Crippen MR) is 283 cm³/mol. The highest BCUT2D eigenvalue weighted by Gasteiger charge is 2.45. The minimum atomic E-state index is -2.80. The van der Waals surface area contributed by atoms with Gasteiger partial charge >= 0.3 is 6.03 Å². The summed E-state index contributed by atoms with van der Waals surface area (Å²) in [7, 11) is 1.61. The third-order valence-corrected chi connectivity index (χ3v) is 15.7. The quantitative estimate of drug-likeness (QED) is 0.0811. The smallest absolute Gasteiger partial charge is 0.317 e. The lowest BCUT2D eigenvalue weighted by atomic mass is 9.85. The topological polar surface area (TPSA) is 230 Å². The van der Waals surface area contributed by atoms with Gasteiger partial charge < -0.3 is 50.5 Å². The molecule has 2 saturated heterocycles. The second-order valence-corrected chi connectivity index (χ2v) is 22.0. The number of nitrogens with one attached hydrogen (secondary N) is 4. The van der Waals surface area contributed by atoms with Crippen molar-refractivity contribution in [3.05, 3.63) is 87.9 Å². The number of aromatic nitrogens is 5. The monoisotopic (exact) mass is 1080 g/mol. The van der Waals surface area contributed by atoms with Crippen molar-refractivity contribution in [3.63, 3.8) is 0 Å². The Kier molecular flexibility index (Phi) is 17.0. The second-order valence-electron chi connectivity index (χ2n) is 21.2. The van der Waals surface area contributed by atoms with Crippen LogP contribution in [0.4, 0.5) is 25.1 Å². The molecular formula is C54H68F2N12O8S. The summed E-state index contributed by atoms with van der Waals surface area (Å²) in [5.74, 6) is -1.44. The van der Waals surface area contributed by atoms with Crippen molar-refractivity contribution in [2.24, 2.45) is 5.41 Å². The Morgan fingerprint density at radius 2 is 1.75 bits per heavy atom. The fraction of sp³-hybridized carbons (Fsp3) is 0.519. The van der Waals surface area contributed by atoms with Crippen LogP contribution in [-0.4, -0.2) is 147 Å². The summed E-state index contributed by atoms with van der Waals surface area (Å²) in [6.45, 7) is 9.46. The number of alkyl halides is 2. The van der Waals surface area contributed by atoms with E-state index in [1.807, 2.05) is 42.2 Å². The van der Waals surface area contributed by atoms with Crippen molar-refractivity contribution in [3.8, 4) is 21.6 Å². The molecule has 0 saturated carbocycles. The molecule has 0 bridgehead atoms. The average Bonchev–Trinajstić information content (AvgIpc) is 4.29. The SMILES string of the molecule is CNC(=O)N1CCc2c(c(N3CCCc4cc(-c5cnn(CCNC(=O)COCC(=O)N[C@H](C(=O)N6C[C@H](O)C[C@H]6C(=O)NCc6ccc(-c7scnc7C)cc6)C(C)(C)C)c5)c(C(F)F)cc43)nn2C2CCOCC2)C1. The highest BCUT2D eigenvalue weighted by atomic mass is 32.1. The molecule has 77 heavy (non-hydrogen) atoms. The number of hydrogen-bond donors (Lipinski definition) is 5. The number of anilines is 2. The third-order valence-electron chi connectivity index (χ3n) is 14.7. The summed E-state index contributed by atoms with van der Waals surface area (Å²) >= 11 is 1.55.